The number of fused-ring (bicyclic) bond motifs is 2. The summed E-state index contributed by atoms with van der Waals surface area (Å²) >= 11 is 2.36. The summed E-state index contributed by atoms with van der Waals surface area (Å²) < 4.78 is 13.2. The number of amides is 2. The van der Waals surface area contributed by atoms with Gasteiger partial charge in [0.15, 0.2) is 0 Å². The standard InChI is InChI=1S/C17H15FN2O3S2/c1-3-17(2)10-11(24-13-12(17)25-16(23)19-13)15(22)20(14(10)21)9-6-4-8(18)5-7-9/h4-7,10-11H,3H2,1-2H3,(H,19,23). The van der Waals surface area contributed by atoms with Crippen molar-refractivity contribution in [2.45, 2.75) is 36.0 Å². The van der Waals surface area contributed by atoms with Crippen molar-refractivity contribution in [2.24, 2.45) is 5.92 Å². The number of thioether (sulfide) groups is 1. The van der Waals surface area contributed by atoms with Gasteiger partial charge in [0.2, 0.25) is 11.8 Å². The van der Waals surface area contributed by atoms with Crippen LogP contribution >= 0.6 is 23.1 Å². The number of anilines is 1. The molecule has 1 fully saturated rings. The van der Waals surface area contributed by atoms with Gasteiger partial charge in [-0.2, -0.15) is 0 Å². The molecule has 2 aliphatic rings. The number of benzene rings is 1. The van der Waals surface area contributed by atoms with Gasteiger partial charge in [0.1, 0.15) is 11.1 Å². The summed E-state index contributed by atoms with van der Waals surface area (Å²) in [6.45, 7) is 3.89. The normalized spacial score (nSPS) is 28.2. The minimum absolute atomic E-state index is 0.174. The first-order valence-electron chi connectivity index (χ1n) is 7.90. The van der Waals surface area contributed by atoms with E-state index in [1.807, 2.05) is 13.8 Å². The summed E-state index contributed by atoms with van der Waals surface area (Å²) in [6.07, 6.45) is 0.631. The summed E-state index contributed by atoms with van der Waals surface area (Å²) in [7, 11) is 0. The van der Waals surface area contributed by atoms with E-state index >= 15 is 0 Å². The Morgan fingerprint density at radius 3 is 2.52 bits per heavy atom. The van der Waals surface area contributed by atoms with Gasteiger partial charge in [-0.1, -0.05) is 36.9 Å². The van der Waals surface area contributed by atoms with Crippen LogP contribution in [-0.2, 0) is 15.0 Å². The lowest BCUT2D eigenvalue weighted by Crippen LogP contribution is -2.43. The smallest absolute Gasteiger partial charge is 0.305 e. The molecular formula is C17H15FN2O3S2. The molecule has 3 unspecified atom stereocenters. The topological polar surface area (TPSA) is 70.2 Å². The molecule has 0 aliphatic carbocycles. The molecule has 1 aromatic heterocycles. The van der Waals surface area contributed by atoms with Crippen LogP contribution in [0.1, 0.15) is 25.1 Å². The molecule has 25 heavy (non-hydrogen) atoms. The number of hydrogen-bond acceptors (Lipinski definition) is 5. The Balaban J connectivity index is 1.83. The number of aromatic nitrogens is 1. The van der Waals surface area contributed by atoms with Crippen molar-refractivity contribution in [1.82, 2.24) is 4.98 Å². The second kappa shape index (κ2) is 5.54. The fourth-order valence-corrected chi connectivity index (χ4v) is 6.46. The largest absolute Gasteiger partial charge is 0.307 e. The maximum atomic E-state index is 13.2. The van der Waals surface area contributed by atoms with Gasteiger partial charge in [0, 0.05) is 10.3 Å². The lowest BCUT2D eigenvalue weighted by Gasteiger charge is -2.38. The summed E-state index contributed by atoms with van der Waals surface area (Å²) in [5.41, 5.74) is -0.210. The first kappa shape index (κ1) is 16.5. The van der Waals surface area contributed by atoms with E-state index in [1.54, 1.807) is 0 Å². The van der Waals surface area contributed by atoms with Gasteiger partial charge >= 0.3 is 4.87 Å². The maximum Gasteiger partial charge on any atom is 0.305 e. The van der Waals surface area contributed by atoms with Crippen LogP contribution in [-0.4, -0.2) is 22.0 Å². The lowest BCUT2D eigenvalue weighted by molar-refractivity contribution is -0.123. The molecule has 8 heteroatoms. The molecule has 0 bridgehead atoms. The van der Waals surface area contributed by atoms with Gasteiger partial charge in [0.25, 0.3) is 0 Å². The van der Waals surface area contributed by atoms with Gasteiger partial charge in [-0.05, 0) is 30.7 Å². The molecule has 0 radical (unpaired) electrons. The molecule has 3 atom stereocenters. The highest BCUT2D eigenvalue weighted by molar-refractivity contribution is 8.00. The molecule has 0 spiro atoms. The molecular weight excluding hydrogens is 363 g/mol. The van der Waals surface area contributed by atoms with E-state index in [0.29, 0.717) is 17.1 Å². The van der Waals surface area contributed by atoms with Crippen LogP contribution < -0.4 is 9.77 Å². The van der Waals surface area contributed by atoms with Crippen LogP contribution in [0, 0.1) is 11.7 Å². The number of nitrogens with zero attached hydrogens (tertiary/aromatic N) is 1. The molecule has 0 saturated carbocycles. The molecule has 2 amide bonds. The highest BCUT2D eigenvalue weighted by atomic mass is 32.2. The number of halogens is 1. The van der Waals surface area contributed by atoms with Crippen LogP contribution in [0.2, 0.25) is 0 Å². The molecule has 2 aromatic rings. The Hall–Kier alpha value is -1.93. The van der Waals surface area contributed by atoms with Crippen molar-refractivity contribution in [3.63, 3.8) is 0 Å². The Labute approximate surface area is 151 Å². The van der Waals surface area contributed by atoms with Gasteiger partial charge in [-0.15, -0.1) is 0 Å². The summed E-state index contributed by atoms with van der Waals surface area (Å²) in [6, 6.07) is 5.35. The van der Waals surface area contributed by atoms with E-state index < -0.39 is 22.4 Å². The molecule has 2 aliphatic heterocycles. The second-order valence-electron chi connectivity index (χ2n) is 6.45. The summed E-state index contributed by atoms with van der Waals surface area (Å²) in [5, 5.41) is 0.1000. The quantitative estimate of drug-likeness (QED) is 0.816. The summed E-state index contributed by atoms with van der Waals surface area (Å²) in [5.74, 6) is -1.57. The van der Waals surface area contributed by atoms with E-state index in [2.05, 4.69) is 4.98 Å². The van der Waals surface area contributed by atoms with E-state index in [-0.39, 0.29) is 16.7 Å². The Morgan fingerprint density at radius 1 is 1.20 bits per heavy atom. The van der Waals surface area contributed by atoms with Crippen LogP contribution in [0.3, 0.4) is 0 Å². The molecule has 3 heterocycles. The van der Waals surface area contributed by atoms with Gasteiger partial charge < -0.3 is 4.98 Å². The number of rotatable bonds is 2. The average molecular weight is 378 g/mol. The predicted molar refractivity (Wildman–Crippen MR) is 94.6 cm³/mol. The van der Waals surface area contributed by atoms with Gasteiger partial charge in [-0.25, -0.2) is 9.29 Å². The molecule has 130 valence electrons. The molecule has 1 saturated heterocycles. The zero-order valence-corrected chi connectivity index (χ0v) is 15.2. The fourth-order valence-electron chi connectivity index (χ4n) is 3.64. The Bertz CT molecular complexity index is 936. The zero-order chi connectivity index (χ0) is 17.9. The van der Waals surface area contributed by atoms with Crippen LogP contribution in [0.5, 0.6) is 0 Å². The predicted octanol–water partition coefficient (Wildman–Crippen LogP) is 2.91. The van der Waals surface area contributed by atoms with Crippen LogP contribution in [0.25, 0.3) is 0 Å². The third kappa shape index (κ3) is 2.23. The first-order valence-corrected chi connectivity index (χ1v) is 9.60. The highest BCUT2D eigenvalue weighted by Gasteiger charge is 2.60. The van der Waals surface area contributed by atoms with E-state index in [0.717, 1.165) is 21.1 Å². The van der Waals surface area contributed by atoms with Gasteiger partial charge in [-0.3, -0.25) is 14.4 Å². The number of imide groups is 1. The Kier molecular flexibility index (Phi) is 3.66. The third-order valence-corrected chi connectivity index (χ3v) is 7.70. The number of aromatic amines is 1. The number of H-pyrrole nitrogens is 1. The molecule has 5 nitrogen and oxygen atoms in total. The third-order valence-electron chi connectivity index (χ3n) is 5.14. The monoisotopic (exact) mass is 378 g/mol. The first-order chi connectivity index (χ1) is 11.9. The van der Waals surface area contributed by atoms with Crippen LogP contribution in [0.15, 0.2) is 34.1 Å². The van der Waals surface area contributed by atoms with E-state index in [4.69, 9.17) is 0 Å². The number of thiazole rings is 1. The van der Waals surface area contributed by atoms with E-state index in [1.165, 1.54) is 36.0 Å². The summed E-state index contributed by atoms with van der Waals surface area (Å²) in [4.78, 5) is 42.5. The minimum Gasteiger partial charge on any atom is -0.307 e. The Morgan fingerprint density at radius 2 is 1.88 bits per heavy atom. The minimum atomic E-state index is -0.587. The van der Waals surface area contributed by atoms with Gasteiger partial charge in [0.05, 0.1) is 16.6 Å². The fraction of sp³-hybridized carbons (Fsp3) is 0.353. The van der Waals surface area contributed by atoms with Crippen molar-refractivity contribution < 1.29 is 14.0 Å². The second-order valence-corrected chi connectivity index (χ2v) is 8.58. The van der Waals surface area contributed by atoms with Crippen molar-refractivity contribution >= 4 is 40.6 Å². The molecule has 1 N–H and O–H groups in total. The molecule has 4 rings (SSSR count). The van der Waals surface area contributed by atoms with E-state index in [9.17, 15) is 18.8 Å². The number of carbonyl (C=O) groups excluding carboxylic acids is 2. The van der Waals surface area contributed by atoms with Crippen molar-refractivity contribution in [3.05, 3.63) is 44.6 Å². The van der Waals surface area contributed by atoms with Crippen molar-refractivity contribution in [3.8, 4) is 0 Å². The van der Waals surface area contributed by atoms with Crippen molar-refractivity contribution in [2.75, 3.05) is 4.90 Å². The number of carbonyl (C=O) groups is 2. The number of hydrogen-bond donors (Lipinski definition) is 1. The number of nitrogens with one attached hydrogen (secondary N) is 1. The zero-order valence-electron chi connectivity index (χ0n) is 13.5. The molecule has 1 aromatic carbocycles. The van der Waals surface area contributed by atoms with Crippen molar-refractivity contribution in [1.29, 1.82) is 0 Å². The van der Waals surface area contributed by atoms with Crippen LogP contribution in [0.4, 0.5) is 10.1 Å². The SMILES string of the molecule is CCC1(C)c2sc(=O)[nH]c2SC2C(=O)N(c3ccc(F)cc3)C(=O)C21. The highest BCUT2D eigenvalue weighted by Crippen LogP contribution is 2.55. The average Bonchev–Trinajstić information content (AvgIpc) is 3.08. The lowest BCUT2D eigenvalue weighted by atomic mass is 9.72. The maximum absolute atomic E-state index is 13.2.